The minimum atomic E-state index is -0.307. The van der Waals surface area contributed by atoms with Crippen LogP contribution in [0.1, 0.15) is 16.8 Å². The molecule has 0 aliphatic carbocycles. The van der Waals surface area contributed by atoms with Crippen LogP contribution in [-0.2, 0) is 0 Å². The van der Waals surface area contributed by atoms with Crippen LogP contribution in [-0.4, -0.2) is 33.3 Å². The second kappa shape index (κ2) is 7.53. The molecule has 0 fully saturated rings. The van der Waals surface area contributed by atoms with Gasteiger partial charge < -0.3 is 24.3 Å². The van der Waals surface area contributed by atoms with Gasteiger partial charge in [-0.05, 0) is 18.2 Å². The lowest BCUT2D eigenvalue weighted by Crippen LogP contribution is -2.13. The lowest BCUT2D eigenvalue weighted by molar-refractivity contribution is 0.102. The van der Waals surface area contributed by atoms with E-state index in [0.717, 1.165) is 6.42 Å². The standard InChI is InChI=1S/C18H18ClNO5/c1-22-15-10-13(16(23-2)9-12(15)19)20-18(21)11-4-5-14-17(8-11)25-7-3-6-24-14/h4-5,8-10H,3,6-7H2,1-2H3,(H,20,21). The fourth-order valence-electron chi connectivity index (χ4n) is 2.46. The summed E-state index contributed by atoms with van der Waals surface area (Å²) in [4.78, 5) is 12.6. The molecule has 25 heavy (non-hydrogen) atoms. The van der Waals surface area contributed by atoms with Crippen molar-refractivity contribution in [2.24, 2.45) is 0 Å². The van der Waals surface area contributed by atoms with Gasteiger partial charge in [-0.2, -0.15) is 0 Å². The molecule has 1 heterocycles. The number of halogens is 1. The van der Waals surface area contributed by atoms with Crippen molar-refractivity contribution < 1.29 is 23.7 Å². The lowest BCUT2D eigenvalue weighted by Gasteiger charge is -2.14. The Labute approximate surface area is 150 Å². The molecular weight excluding hydrogens is 346 g/mol. The second-order valence-corrected chi connectivity index (χ2v) is 5.76. The monoisotopic (exact) mass is 363 g/mol. The van der Waals surface area contributed by atoms with Crippen LogP contribution in [0.15, 0.2) is 30.3 Å². The van der Waals surface area contributed by atoms with E-state index in [1.165, 1.54) is 14.2 Å². The molecule has 3 rings (SSSR count). The number of amides is 1. The minimum absolute atomic E-state index is 0.307. The molecule has 0 atom stereocenters. The fourth-order valence-corrected chi connectivity index (χ4v) is 2.69. The van der Waals surface area contributed by atoms with E-state index in [0.29, 0.717) is 52.5 Å². The van der Waals surface area contributed by atoms with Gasteiger partial charge in [0.15, 0.2) is 11.5 Å². The smallest absolute Gasteiger partial charge is 0.255 e. The Balaban J connectivity index is 1.86. The molecule has 0 spiro atoms. The summed E-state index contributed by atoms with van der Waals surface area (Å²) in [6.07, 6.45) is 0.804. The Morgan fingerprint density at radius 3 is 2.48 bits per heavy atom. The summed E-state index contributed by atoms with van der Waals surface area (Å²) in [7, 11) is 3.00. The Morgan fingerprint density at radius 2 is 1.76 bits per heavy atom. The van der Waals surface area contributed by atoms with Crippen LogP contribution in [0.25, 0.3) is 0 Å². The maximum Gasteiger partial charge on any atom is 0.255 e. The van der Waals surface area contributed by atoms with Crippen molar-refractivity contribution in [3.63, 3.8) is 0 Å². The van der Waals surface area contributed by atoms with E-state index in [1.807, 2.05) is 0 Å². The average Bonchev–Trinajstić information content (AvgIpc) is 2.87. The maximum absolute atomic E-state index is 12.6. The quantitative estimate of drug-likeness (QED) is 0.895. The van der Waals surface area contributed by atoms with Crippen LogP contribution >= 0.6 is 11.6 Å². The Kier molecular flexibility index (Phi) is 5.19. The number of hydrogen-bond acceptors (Lipinski definition) is 5. The number of carbonyl (C=O) groups is 1. The largest absolute Gasteiger partial charge is 0.495 e. The van der Waals surface area contributed by atoms with Crippen molar-refractivity contribution in [1.82, 2.24) is 0 Å². The number of carbonyl (C=O) groups excluding carboxylic acids is 1. The van der Waals surface area contributed by atoms with E-state index >= 15 is 0 Å². The molecule has 7 heteroatoms. The van der Waals surface area contributed by atoms with E-state index in [2.05, 4.69) is 5.32 Å². The molecule has 132 valence electrons. The van der Waals surface area contributed by atoms with Crippen molar-refractivity contribution >= 4 is 23.2 Å². The summed E-state index contributed by atoms with van der Waals surface area (Å²) in [6, 6.07) is 8.28. The predicted molar refractivity (Wildman–Crippen MR) is 94.6 cm³/mol. The number of benzene rings is 2. The summed E-state index contributed by atoms with van der Waals surface area (Å²) >= 11 is 6.08. The fraction of sp³-hybridized carbons (Fsp3) is 0.278. The molecule has 0 aromatic heterocycles. The Morgan fingerprint density at radius 1 is 1.04 bits per heavy atom. The third-order valence-corrected chi connectivity index (χ3v) is 4.03. The van der Waals surface area contributed by atoms with Gasteiger partial charge in [0, 0.05) is 24.1 Å². The van der Waals surface area contributed by atoms with Crippen molar-refractivity contribution in [2.75, 3.05) is 32.8 Å². The third-order valence-electron chi connectivity index (χ3n) is 3.73. The highest BCUT2D eigenvalue weighted by Gasteiger charge is 2.17. The molecule has 1 aliphatic rings. The van der Waals surface area contributed by atoms with E-state index in [1.54, 1.807) is 30.3 Å². The summed E-state index contributed by atoms with van der Waals surface area (Å²) in [5.74, 6) is 1.77. The molecule has 0 unspecified atom stereocenters. The van der Waals surface area contributed by atoms with E-state index in [4.69, 9.17) is 30.5 Å². The predicted octanol–water partition coefficient (Wildman–Crippen LogP) is 3.77. The summed E-state index contributed by atoms with van der Waals surface area (Å²) in [5, 5.41) is 3.20. The molecule has 0 radical (unpaired) electrons. The van der Waals surface area contributed by atoms with Crippen LogP contribution in [0.3, 0.4) is 0 Å². The van der Waals surface area contributed by atoms with Crippen LogP contribution in [0.2, 0.25) is 5.02 Å². The molecule has 0 saturated carbocycles. The first-order chi connectivity index (χ1) is 12.1. The maximum atomic E-state index is 12.6. The van der Waals surface area contributed by atoms with Gasteiger partial charge >= 0.3 is 0 Å². The van der Waals surface area contributed by atoms with Gasteiger partial charge in [0.1, 0.15) is 11.5 Å². The Bertz CT molecular complexity index is 793. The average molecular weight is 364 g/mol. The van der Waals surface area contributed by atoms with Gasteiger partial charge in [-0.1, -0.05) is 11.6 Å². The first-order valence-corrected chi connectivity index (χ1v) is 8.12. The van der Waals surface area contributed by atoms with Crippen molar-refractivity contribution in [2.45, 2.75) is 6.42 Å². The number of rotatable bonds is 4. The number of anilines is 1. The number of nitrogens with one attached hydrogen (secondary N) is 1. The molecule has 0 bridgehead atoms. The van der Waals surface area contributed by atoms with E-state index in [9.17, 15) is 4.79 Å². The highest BCUT2D eigenvalue weighted by molar-refractivity contribution is 6.32. The first-order valence-electron chi connectivity index (χ1n) is 7.75. The topological polar surface area (TPSA) is 66.0 Å². The van der Waals surface area contributed by atoms with Gasteiger partial charge in [-0.25, -0.2) is 0 Å². The second-order valence-electron chi connectivity index (χ2n) is 5.35. The zero-order valence-electron chi connectivity index (χ0n) is 13.9. The third kappa shape index (κ3) is 3.74. The van der Waals surface area contributed by atoms with E-state index < -0.39 is 0 Å². The number of fused-ring (bicyclic) bond motifs is 1. The summed E-state index contributed by atoms with van der Waals surface area (Å²) in [6.45, 7) is 1.15. The minimum Gasteiger partial charge on any atom is -0.495 e. The highest BCUT2D eigenvalue weighted by atomic mass is 35.5. The zero-order valence-corrected chi connectivity index (χ0v) is 14.7. The molecule has 2 aromatic carbocycles. The van der Waals surface area contributed by atoms with Crippen molar-refractivity contribution in [3.05, 3.63) is 40.9 Å². The van der Waals surface area contributed by atoms with Crippen LogP contribution < -0.4 is 24.3 Å². The van der Waals surface area contributed by atoms with Gasteiger partial charge in [0.05, 0.1) is 38.1 Å². The molecule has 0 saturated heterocycles. The number of hydrogen-bond donors (Lipinski definition) is 1. The first kappa shape index (κ1) is 17.2. The molecule has 1 N–H and O–H groups in total. The van der Waals surface area contributed by atoms with E-state index in [-0.39, 0.29) is 5.91 Å². The molecular formula is C18H18ClNO5. The van der Waals surface area contributed by atoms with Crippen molar-refractivity contribution in [3.8, 4) is 23.0 Å². The summed E-state index contributed by atoms with van der Waals surface area (Å²) in [5.41, 5.74) is 0.904. The van der Waals surface area contributed by atoms with Gasteiger partial charge in [-0.15, -0.1) is 0 Å². The van der Waals surface area contributed by atoms with Crippen molar-refractivity contribution in [1.29, 1.82) is 0 Å². The molecule has 6 nitrogen and oxygen atoms in total. The van der Waals surface area contributed by atoms with Crippen LogP contribution in [0, 0.1) is 0 Å². The normalized spacial score (nSPS) is 12.9. The summed E-state index contributed by atoms with van der Waals surface area (Å²) < 4.78 is 21.6. The van der Waals surface area contributed by atoms with Crippen LogP contribution in [0.4, 0.5) is 5.69 Å². The van der Waals surface area contributed by atoms with Gasteiger partial charge in [0.2, 0.25) is 0 Å². The highest BCUT2D eigenvalue weighted by Crippen LogP contribution is 2.36. The molecule has 1 aliphatic heterocycles. The molecule has 1 amide bonds. The Hall–Kier alpha value is -2.60. The van der Waals surface area contributed by atoms with Gasteiger partial charge in [-0.3, -0.25) is 4.79 Å². The molecule has 2 aromatic rings. The van der Waals surface area contributed by atoms with Crippen LogP contribution in [0.5, 0.6) is 23.0 Å². The number of methoxy groups -OCH3 is 2. The lowest BCUT2D eigenvalue weighted by atomic mass is 10.1. The van der Waals surface area contributed by atoms with Gasteiger partial charge in [0.25, 0.3) is 5.91 Å². The zero-order chi connectivity index (χ0) is 17.8. The SMILES string of the molecule is COc1cc(NC(=O)c2ccc3c(c2)OCCCO3)c(OC)cc1Cl. The number of ether oxygens (including phenoxy) is 4.